The molecule has 2 rings (SSSR count). The van der Waals surface area contributed by atoms with Gasteiger partial charge in [0, 0.05) is 13.1 Å². The molecule has 0 aliphatic carbocycles. The van der Waals surface area contributed by atoms with Gasteiger partial charge in [-0.2, -0.15) is 0 Å². The second kappa shape index (κ2) is 6.40. The molecule has 0 aromatic heterocycles. The number of hydrogen-bond donors (Lipinski definition) is 1. The van der Waals surface area contributed by atoms with E-state index in [1.54, 1.807) is 0 Å². The average Bonchev–Trinajstić information content (AvgIpc) is 2.29. The Morgan fingerprint density at radius 2 is 2.00 bits per heavy atom. The van der Waals surface area contributed by atoms with Crippen LogP contribution in [0.15, 0.2) is 30.9 Å². The highest BCUT2D eigenvalue weighted by atomic mass is 35.5. The molecule has 4 heteroatoms. The van der Waals surface area contributed by atoms with Crippen LogP contribution in [0, 0.1) is 0 Å². The van der Waals surface area contributed by atoms with E-state index in [1.165, 1.54) is 5.56 Å². The van der Waals surface area contributed by atoms with Crippen molar-refractivity contribution in [1.82, 2.24) is 5.32 Å². The summed E-state index contributed by atoms with van der Waals surface area (Å²) in [5.74, 6) is 1.69. The summed E-state index contributed by atoms with van der Waals surface area (Å²) >= 11 is 0. The van der Waals surface area contributed by atoms with E-state index in [0.717, 1.165) is 24.6 Å². The van der Waals surface area contributed by atoms with Gasteiger partial charge in [0.2, 0.25) is 0 Å². The number of ether oxygens (including phenoxy) is 2. The van der Waals surface area contributed by atoms with Gasteiger partial charge in [0.25, 0.3) is 0 Å². The highest BCUT2D eigenvalue weighted by Crippen LogP contribution is 2.30. The Morgan fingerprint density at radius 1 is 1.25 bits per heavy atom. The maximum atomic E-state index is 5.50. The zero-order valence-electron chi connectivity index (χ0n) is 9.07. The number of benzene rings is 1. The molecule has 0 bridgehead atoms. The molecule has 0 saturated heterocycles. The van der Waals surface area contributed by atoms with Crippen LogP contribution in [-0.2, 0) is 6.54 Å². The van der Waals surface area contributed by atoms with Gasteiger partial charge in [-0.25, -0.2) is 0 Å². The number of hydrogen-bond acceptors (Lipinski definition) is 3. The fourth-order valence-electron chi connectivity index (χ4n) is 1.52. The van der Waals surface area contributed by atoms with Crippen molar-refractivity contribution in [2.75, 3.05) is 19.8 Å². The summed E-state index contributed by atoms with van der Waals surface area (Å²) in [6.45, 7) is 6.57. The fraction of sp³-hybridized carbons (Fsp3) is 0.333. The van der Waals surface area contributed by atoms with Gasteiger partial charge < -0.3 is 14.8 Å². The smallest absolute Gasteiger partial charge is 0.161 e. The SMILES string of the molecule is C=CCNCc1ccc2c(c1)OCCO2.Cl. The molecule has 0 amide bonds. The predicted octanol–water partition coefficient (Wildman–Crippen LogP) is 2.16. The van der Waals surface area contributed by atoms with Crippen molar-refractivity contribution < 1.29 is 9.47 Å². The third-order valence-corrected chi connectivity index (χ3v) is 2.22. The molecule has 1 aromatic carbocycles. The van der Waals surface area contributed by atoms with E-state index in [2.05, 4.69) is 11.9 Å². The van der Waals surface area contributed by atoms with Crippen LogP contribution in [0.5, 0.6) is 11.5 Å². The van der Waals surface area contributed by atoms with Crippen molar-refractivity contribution in [3.05, 3.63) is 36.4 Å². The summed E-state index contributed by atoms with van der Waals surface area (Å²) < 4.78 is 10.9. The molecule has 1 aliphatic heterocycles. The lowest BCUT2D eigenvalue weighted by Crippen LogP contribution is -2.16. The lowest BCUT2D eigenvalue weighted by molar-refractivity contribution is 0.171. The monoisotopic (exact) mass is 241 g/mol. The second-order valence-electron chi connectivity index (χ2n) is 3.40. The number of fused-ring (bicyclic) bond motifs is 1. The second-order valence-corrected chi connectivity index (χ2v) is 3.40. The summed E-state index contributed by atoms with van der Waals surface area (Å²) in [6.07, 6.45) is 1.85. The minimum atomic E-state index is 0. The van der Waals surface area contributed by atoms with Crippen molar-refractivity contribution >= 4 is 12.4 Å². The molecule has 0 spiro atoms. The van der Waals surface area contributed by atoms with E-state index < -0.39 is 0 Å². The first-order valence-electron chi connectivity index (χ1n) is 5.10. The molecule has 1 heterocycles. The topological polar surface area (TPSA) is 30.5 Å². The molecule has 0 saturated carbocycles. The first-order valence-corrected chi connectivity index (χ1v) is 5.10. The Hall–Kier alpha value is -1.19. The van der Waals surface area contributed by atoms with Crippen molar-refractivity contribution in [1.29, 1.82) is 0 Å². The van der Waals surface area contributed by atoms with Gasteiger partial charge in [-0.3, -0.25) is 0 Å². The van der Waals surface area contributed by atoms with Crippen LogP contribution in [0.1, 0.15) is 5.56 Å². The van der Waals surface area contributed by atoms with E-state index in [-0.39, 0.29) is 12.4 Å². The fourth-order valence-corrected chi connectivity index (χ4v) is 1.52. The Bertz CT molecular complexity index is 355. The minimum Gasteiger partial charge on any atom is -0.486 e. The largest absolute Gasteiger partial charge is 0.486 e. The van der Waals surface area contributed by atoms with Crippen LogP contribution >= 0.6 is 12.4 Å². The van der Waals surface area contributed by atoms with Crippen molar-refractivity contribution in [3.8, 4) is 11.5 Å². The molecule has 1 N–H and O–H groups in total. The third-order valence-electron chi connectivity index (χ3n) is 2.22. The van der Waals surface area contributed by atoms with Crippen molar-refractivity contribution in [2.24, 2.45) is 0 Å². The summed E-state index contributed by atoms with van der Waals surface area (Å²) in [5, 5.41) is 3.24. The van der Waals surface area contributed by atoms with E-state index in [9.17, 15) is 0 Å². The molecular formula is C12H16ClNO2. The van der Waals surface area contributed by atoms with Crippen LogP contribution in [0.4, 0.5) is 0 Å². The Morgan fingerprint density at radius 3 is 2.75 bits per heavy atom. The standard InChI is InChI=1S/C12H15NO2.ClH/c1-2-5-13-9-10-3-4-11-12(8-10)15-7-6-14-11;/h2-4,8,13H,1,5-7,9H2;1H. The van der Waals surface area contributed by atoms with Gasteiger partial charge in [-0.1, -0.05) is 12.1 Å². The zero-order chi connectivity index (χ0) is 10.5. The van der Waals surface area contributed by atoms with Crippen LogP contribution < -0.4 is 14.8 Å². The van der Waals surface area contributed by atoms with Crippen LogP contribution in [0.25, 0.3) is 0 Å². The Kier molecular flexibility index (Phi) is 5.15. The van der Waals surface area contributed by atoms with Gasteiger partial charge in [0.1, 0.15) is 13.2 Å². The summed E-state index contributed by atoms with van der Waals surface area (Å²) in [6, 6.07) is 6.02. The first kappa shape index (κ1) is 12.9. The maximum Gasteiger partial charge on any atom is 0.161 e. The molecule has 0 unspecified atom stereocenters. The van der Waals surface area contributed by atoms with Crippen molar-refractivity contribution in [3.63, 3.8) is 0 Å². The van der Waals surface area contributed by atoms with Crippen LogP contribution in [0.3, 0.4) is 0 Å². The number of nitrogens with one attached hydrogen (secondary N) is 1. The predicted molar refractivity (Wildman–Crippen MR) is 66.6 cm³/mol. The Balaban J connectivity index is 0.00000128. The molecular weight excluding hydrogens is 226 g/mol. The van der Waals surface area contributed by atoms with E-state index in [1.807, 2.05) is 24.3 Å². The van der Waals surface area contributed by atoms with E-state index in [0.29, 0.717) is 13.2 Å². The molecule has 3 nitrogen and oxygen atoms in total. The Labute approximate surface area is 102 Å². The van der Waals surface area contributed by atoms with Gasteiger partial charge in [-0.15, -0.1) is 19.0 Å². The normalized spacial score (nSPS) is 12.8. The first-order chi connectivity index (χ1) is 7.40. The highest BCUT2D eigenvalue weighted by Gasteiger charge is 2.10. The highest BCUT2D eigenvalue weighted by molar-refractivity contribution is 5.85. The molecule has 0 fully saturated rings. The average molecular weight is 242 g/mol. The molecule has 0 atom stereocenters. The maximum absolute atomic E-state index is 5.50. The third kappa shape index (κ3) is 3.15. The molecule has 0 radical (unpaired) electrons. The van der Waals surface area contributed by atoms with E-state index >= 15 is 0 Å². The molecule has 1 aromatic rings. The minimum absolute atomic E-state index is 0. The number of rotatable bonds is 4. The van der Waals surface area contributed by atoms with Crippen molar-refractivity contribution in [2.45, 2.75) is 6.54 Å². The summed E-state index contributed by atoms with van der Waals surface area (Å²) in [5.41, 5.74) is 1.20. The van der Waals surface area contributed by atoms with Crippen LogP contribution in [-0.4, -0.2) is 19.8 Å². The van der Waals surface area contributed by atoms with Gasteiger partial charge >= 0.3 is 0 Å². The van der Waals surface area contributed by atoms with Gasteiger partial charge in [-0.05, 0) is 17.7 Å². The van der Waals surface area contributed by atoms with E-state index in [4.69, 9.17) is 9.47 Å². The zero-order valence-corrected chi connectivity index (χ0v) is 9.89. The number of halogens is 1. The summed E-state index contributed by atoms with van der Waals surface area (Å²) in [7, 11) is 0. The molecule has 1 aliphatic rings. The lowest BCUT2D eigenvalue weighted by Gasteiger charge is -2.18. The molecule has 88 valence electrons. The quantitative estimate of drug-likeness (QED) is 0.647. The lowest BCUT2D eigenvalue weighted by atomic mass is 10.2. The van der Waals surface area contributed by atoms with Gasteiger partial charge in [0.15, 0.2) is 11.5 Å². The van der Waals surface area contributed by atoms with Gasteiger partial charge in [0.05, 0.1) is 0 Å². The summed E-state index contributed by atoms with van der Waals surface area (Å²) in [4.78, 5) is 0. The van der Waals surface area contributed by atoms with Crippen LogP contribution in [0.2, 0.25) is 0 Å². The molecule has 16 heavy (non-hydrogen) atoms.